The van der Waals surface area contributed by atoms with Gasteiger partial charge >= 0.3 is 18.1 Å². The first kappa shape index (κ1) is 50.2. The molecule has 0 radical (unpaired) electrons. The maximum Gasteiger partial charge on any atom is 0.408 e. The van der Waals surface area contributed by atoms with Gasteiger partial charge in [0.1, 0.15) is 18.7 Å². The second-order valence-corrected chi connectivity index (χ2v) is 19.3. The number of ketones is 2. The monoisotopic (exact) mass is 921 g/mol. The molecular weight excluding hydrogens is 855 g/mol. The molecule has 1 aromatic rings. The Kier molecular flexibility index (Phi) is 16.1. The van der Waals surface area contributed by atoms with Crippen LogP contribution in [0.1, 0.15) is 104 Å². The summed E-state index contributed by atoms with van der Waals surface area (Å²) in [4.78, 5) is 90.1. The zero-order valence-corrected chi connectivity index (χ0v) is 38.6. The second kappa shape index (κ2) is 21.2. The molecule has 0 bridgehead atoms. The number of carbonyl (C=O) groups excluding carboxylic acids is 7. The first-order chi connectivity index (χ1) is 31.3. The molecule has 4 fully saturated rings. The molecule has 66 heavy (non-hydrogen) atoms. The lowest BCUT2D eigenvalue weighted by Gasteiger charge is -2.59. The summed E-state index contributed by atoms with van der Waals surface area (Å²) in [6.45, 7) is 8.39. The van der Waals surface area contributed by atoms with Crippen molar-refractivity contribution >= 4 is 47.2 Å². The Bertz CT molecular complexity index is 2060. The fraction of sp³-hybridized carbons (Fsp3) is 0.646. The highest BCUT2D eigenvalue weighted by Crippen LogP contribution is 2.69. The van der Waals surface area contributed by atoms with Crippen molar-refractivity contribution in [3.63, 3.8) is 0 Å². The van der Waals surface area contributed by atoms with Crippen LogP contribution in [0.2, 0.25) is 0 Å². The number of primary amides is 1. The Labute approximate surface area is 385 Å². The van der Waals surface area contributed by atoms with Gasteiger partial charge in [-0.3, -0.25) is 19.2 Å². The van der Waals surface area contributed by atoms with Crippen molar-refractivity contribution in [1.82, 2.24) is 16.0 Å². The van der Waals surface area contributed by atoms with E-state index in [2.05, 4.69) is 28.2 Å². The third kappa shape index (κ3) is 10.7. The van der Waals surface area contributed by atoms with E-state index in [1.807, 2.05) is 33.8 Å². The summed E-state index contributed by atoms with van der Waals surface area (Å²) in [5, 5.41) is 32.3. The minimum absolute atomic E-state index is 0.000582. The van der Waals surface area contributed by atoms with Crippen molar-refractivity contribution in [2.45, 2.75) is 142 Å². The number of unbranched alkanes of at least 4 members (excludes halogenated alkanes) is 1. The van der Waals surface area contributed by atoms with Crippen LogP contribution in [-0.4, -0.2) is 108 Å². The van der Waals surface area contributed by atoms with Gasteiger partial charge in [0, 0.05) is 35.4 Å². The van der Waals surface area contributed by atoms with Crippen molar-refractivity contribution in [1.29, 1.82) is 0 Å². The first-order valence-corrected chi connectivity index (χ1v) is 23.3. The number of ether oxygens (including phenoxy) is 4. The minimum atomic E-state index is -1.52. The third-order valence-corrected chi connectivity index (χ3v) is 14.4. The topological polar surface area (TPSA) is 271 Å². The standard InChI is InChI=1S/C48H67N5O13/c1-6-9-40-65-38-22-33-32-16-13-29-21-31(55)17-18-46(29,4)41(32)36(56)23-47(33,5)48(38,66-40)37(57)26-63-43(60)34(20-27(2)3)52-42(59)35(24-54)53-45(62)64-25-28-11-14-30(15-12-28)51-39(58)10-7-8-19-50-44(49)61/h11-12,14-15,17-18,21,27,32-36,38,40-41,54,56H,6-10,13,16,19-20,22-26H2,1-5H3,(H,51,58)(H,52,59)(H,53,62)(H3,49,50,61)/t32-,33?,34-,35-,36-,38+,40?,41?,46-,47-,48+/m0/s1. The lowest BCUT2D eigenvalue weighted by atomic mass is 9.46. The number of aliphatic hydroxyl groups excluding tert-OH is 2. The molecule has 1 aromatic carbocycles. The average molecular weight is 922 g/mol. The van der Waals surface area contributed by atoms with Gasteiger partial charge in [0.2, 0.25) is 17.6 Å². The van der Waals surface area contributed by atoms with Crippen LogP contribution in [0, 0.1) is 34.5 Å². The largest absolute Gasteiger partial charge is 0.456 e. The number of hydrogen-bond donors (Lipinski definition) is 7. The van der Waals surface area contributed by atoms with Gasteiger partial charge in [-0.1, -0.05) is 64.8 Å². The van der Waals surface area contributed by atoms with Gasteiger partial charge in [-0.2, -0.15) is 0 Å². The predicted molar refractivity (Wildman–Crippen MR) is 239 cm³/mol. The number of fused-ring (bicyclic) bond motifs is 7. The van der Waals surface area contributed by atoms with Gasteiger partial charge in [-0.15, -0.1) is 0 Å². The van der Waals surface area contributed by atoms with Crippen LogP contribution in [0.15, 0.2) is 48.1 Å². The Morgan fingerprint density at radius 3 is 2.44 bits per heavy atom. The molecule has 1 saturated heterocycles. The van der Waals surface area contributed by atoms with Crippen LogP contribution in [0.5, 0.6) is 0 Å². The zero-order chi connectivity index (χ0) is 48.0. The highest BCUT2D eigenvalue weighted by molar-refractivity contribution is 6.01. The first-order valence-electron chi connectivity index (χ1n) is 23.3. The molecule has 18 nitrogen and oxygen atoms in total. The maximum atomic E-state index is 14.8. The van der Waals surface area contributed by atoms with E-state index in [0.29, 0.717) is 49.9 Å². The number of Topliss-reactive ketones (excluding diaryl/α,β-unsaturated/α-hetero) is 1. The molecule has 8 N–H and O–H groups in total. The lowest BCUT2D eigenvalue weighted by Crippen LogP contribution is -2.63. The normalized spacial score (nSPS) is 30.4. The van der Waals surface area contributed by atoms with Crippen LogP contribution in [-0.2, 0) is 49.5 Å². The van der Waals surface area contributed by atoms with Crippen LogP contribution >= 0.6 is 0 Å². The summed E-state index contributed by atoms with van der Waals surface area (Å²) in [6, 6.07) is 3.17. The van der Waals surface area contributed by atoms with E-state index in [1.54, 1.807) is 36.4 Å². The molecule has 0 spiro atoms. The SMILES string of the molecule is CCCC1O[C@@H]2CC3[C@@H]4CCC5=CC(=O)C=C[C@]5(C)C4[C@@H](O)C[C@]3(C)[C@]2(C(=O)COC(=O)[C@H](CC(C)C)NC(=O)[C@H](CO)NC(=O)OCc2ccc(NC(=O)CCCCNC(N)=O)cc2)O1. The van der Waals surface area contributed by atoms with Crippen molar-refractivity contribution in [2.24, 2.45) is 40.2 Å². The van der Waals surface area contributed by atoms with E-state index < -0.39 is 90.0 Å². The number of nitrogens with one attached hydrogen (secondary N) is 4. The van der Waals surface area contributed by atoms with E-state index in [4.69, 9.17) is 24.7 Å². The summed E-state index contributed by atoms with van der Waals surface area (Å²) in [7, 11) is 0. The van der Waals surface area contributed by atoms with E-state index in [0.717, 1.165) is 18.4 Å². The predicted octanol–water partition coefficient (Wildman–Crippen LogP) is 3.86. The molecule has 6 rings (SSSR count). The number of nitrogens with two attached hydrogens (primary N) is 1. The van der Waals surface area contributed by atoms with Crippen LogP contribution < -0.4 is 27.0 Å². The van der Waals surface area contributed by atoms with E-state index in [1.165, 1.54) is 0 Å². The number of benzene rings is 1. The van der Waals surface area contributed by atoms with Crippen molar-refractivity contribution in [3.05, 3.63) is 53.6 Å². The lowest BCUT2D eigenvalue weighted by molar-refractivity contribution is -0.201. The number of urea groups is 1. The van der Waals surface area contributed by atoms with E-state index >= 15 is 0 Å². The molecule has 362 valence electrons. The number of rotatable bonds is 20. The van der Waals surface area contributed by atoms with Gasteiger partial charge in [0.05, 0.1) is 18.8 Å². The Balaban J connectivity index is 1.05. The zero-order valence-electron chi connectivity index (χ0n) is 38.6. The fourth-order valence-corrected chi connectivity index (χ4v) is 11.4. The summed E-state index contributed by atoms with van der Waals surface area (Å²) in [5.41, 5.74) is 4.22. The summed E-state index contributed by atoms with van der Waals surface area (Å²) in [5.74, 6) is -2.91. The summed E-state index contributed by atoms with van der Waals surface area (Å²) >= 11 is 0. The molecule has 1 heterocycles. The fourth-order valence-electron chi connectivity index (χ4n) is 11.4. The molecule has 18 heteroatoms. The number of anilines is 1. The highest BCUT2D eigenvalue weighted by atomic mass is 16.7. The number of allylic oxidation sites excluding steroid dienone is 4. The van der Waals surface area contributed by atoms with Gasteiger partial charge in [0.15, 0.2) is 24.3 Å². The van der Waals surface area contributed by atoms with Gasteiger partial charge in [0.25, 0.3) is 0 Å². The average Bonchev–Trinajstić information content (AvgIpc) is 3.75. The molecule has 5 aliphatic rings. The summed E-state index contributed by atoms with van der Waals surface area (Å²) in [6.07, 6.45) is 7.00. The smallest absolute Gasteiger partial charge is 0.408 e. The molecule has 0 aromatic heterocycles. The Morgan fingerprint density at radius 2 is 1.76 bits per heavy atom. The molecule has 3 unspecified atom stereocenters. The van der Waals surface area contributed by atoms with Gasteiger partial charge in [-0.25, -0.2) is 14.4 Å². The van der Waals surface area contributed by atoms with E-state index in [9.17, 15) is 43.8 Å². The molecule has 5 amide bonds. The quantitative estimate of drug-likeness (QED) is 0.0724. The minimum Gasteiger partial charge on any atom is -0.456 e. The number of aliphatic hydroxyl groups is 2. The van der Waals surface area contributed by atoms with Crippen molar-refractivity contribution in [2.75, 3.05) is 25.1 Å². The van der Waals surface area contributed by atoms with Crippen LogP contribution in [0.4, 0.5) is 15.3 Å². The van der Waals surface area contributed by atoms with Crippen molar-refractivity contribution in [3.8, 4) is 0 Å². The number of hydrogen-bond acceptors (Lipinski definition) is 13. The molecule has 1 aliphatic heterocycles. The summed E-state index contributed by atoms with van der Waals surface area (Å²) < 4.78 is 24.2. The maximum absolute atomic E-state index is 14.8. The molecular formula is C48H67N5O13. The highest BCUT2D eigenvalue weighted by Gasteiger charge is 2.76. The Morgan fingerprint density at radius 1 is 1.02 bits per heavy atom. The van der Waals surface area contributed by atoms with Crippen molar-refractivity contribution < 1.29 is 62.7 Å². The number of carbonyl (C=O) groups is 7. The van der Waals surface area contributed by atoms with Gasteiger partial charge < -0.3 is 56.2 Å². The van der Waals surface area contributed by atoms with E-state index in [-0.39, 0.29) is 61.2 Å². The third-order valence-electron chi connectivity index (χ3n) is 14.4. The second-order valence-electron chi connectivity index (χ2n) is 19.3. The van der Waals surface area contributed by atoms with Crippen LogP contribution in [0.25, 0.3) is 0 Å². The number of amides is 5. The van der Waals surface area contributed by atoms with Gasteiger partial charge in [-0.05, 0) is 99.0 Å². The molecule has 4 aliphatic carbocycles. The number of alkyl carbamates (subject to hydrolysis) is 1. The molecule has 3 saturated carbocycles. The Hall–Kier alpha value is -5.17. The van der Waals surface area contributed by atoms with Crippen LogP contribution in [0.3, 0.4) is 0 Å². The molecule has 11 atom stereocenters. The number of esters is 1.